The lowest BCUT2D eigenvalue weighted by atomic mass is 10.0. The Balaban J connectivity index is 1.63. The van der Waals surface area contributed by atoms with Gasteiger partial charge in [0.25, 0.3) is 0 Å². The molecule has 3 aromatic heterocycles. The van der Waals surface area contributed by atoms with Gasteiger partial charge in [-0.15, -0.1) is 0 Å². The van der Waals surface area contributed by atoms with Crippen molar-refractivity contribution in [2.75, 3.05) is 6.54 Å². The number of rotatable bonds is 3. The number of nitrogens with zero attached hydrogens (tertiary/aromatic N) is 6. The van der Waals surface area contributed by atoms with Crippen LogP contribution in [0.15, 0.2) is 12.3 Å². The van der Waals surface area contributed by atoms with Gasteiger partial charge in [-0.2, -0.15) is 10.2 Å². The van der Waals surface area contributed by atoms with E-state index in [1.807, 2.05) is 35.4 Å². The molecule has 0 saturated carbocycles. The second kappa shape index (κ2) is 5.68. The SMILES string of the molecule is Cc1cc(C)n2ncc(CN3CCc4c(c(CO)nn4C)C3)c2n1. The topological polar surface area (TPSA) is 71.5 Å². The zero-order valence-corrected chi connectivity index (χ0v) is 14.3. The van der Waals surface area contributed by atoms with E-state index < -0.39 is 0 Å². The van der Waals surface area contributed by atoms with Gasteiger partial charge in [-0.1, -0.05) is 0 Å². The Morgan fingerprint density at radius 2 is 2.12 bits per heavy atom. The van der Waals surface area contributed by atoms with Gasteiger partial charge in [0.15, 0.2) is 5.65 Å². The molecule has 0 saturated heterocycles. The molecular formula is C17H22N6O. The van der Waals surface area contributed by atoms with Crippen LogP contribution in [0.5, 0.6) is 0 Å². The second-order valence-electron chi connectivity index (χ2n) is 6.56. The van der Waals surface area contributed by atoms with Gasteiger partial charge in [-0.3, -0.25) is 9.58 Å². The van der Waals surface area contributed by atoms with Crippen LogP contribution in [0.4, 0.5) is 0 Å². The summed E-state index contributed by atoms with van der Waals surface area (Å²) in [6, 6.07) is 2.04. The Kier molecular flexibility index (Phi) is 3.62. The molecule has 7 heteroatoms. The summed E-state index contributed by atoms with van der Waals surface area (Å²) in [5.74, 6) is 0. The van der Waals surface area contributed by atoms with E-state index in [-0.39, 0.29) is 6.61 Å². The van der Waals surface area contributed by atoms with E-state index >= 15 is 0 Å². The summed E-state index contributed by atoms with van der Waals surface area (Å²) in [5, 5.41) is 18.4. The van der Waals surface area contributed by atoms with Crippen molar-refractivity contribution in [1.29, 1.82) is 0 Å². The first kappa shape index (κ1) is 15.3. The van der Waals surface area contributed by atoms with Crippen LogP contribution in [0, 0.1) is 13.8 Å². The van der Waals surface area contributed by atoms with Gasteiger partial charge in [0.1, 0.15) is 0 Å². The number of hydrogen-bond donors (Lipinski definition) is 1. The molecule has 126 valence electrons. The van der Waals surface area contributed by atoms with Gasteiger partial charge >= 0.3 is 0 Å². The molecule has 1 N–H and O–H groups in total. The predicted octanol–water partition coefficient (Wildman–Crippen LogP) is 1.13. The minimum absolute atomic E-state index is 0.00628. The van der Waals surface area contributed by atoms with E-state index in [0.717, 1.165) is 54.3 Å². The molecule has 4 heterocycles. The van der Waals surface area contributed by atoms with Gasteiger partial charge in [-0.25, -0.2) is 9.50 Å². The average molecular weight is 326 g/mol. The average Bonchev–Trinajstić information content (AvgIpc) is 3.09. The standard InChI is InChI=1S/C17H22N6O/c1-11-6-12(2)23-17(19-11)13(7-18-23)8-22-5-4-16-14(9-22)15(10-24)20-21(16)3/h6-7,24H,4-5,8-10H2,1-3H3. The lowest BCUT2D eigenvalue weighted by Crippen LogP contribution is -2.30. The maximum atomic E-state index is 9.53. The monoisotopic (exact) mass is 326 g/mol. The summed E-state index contributed by atoms with van der Waals surface area (Å²) < 4.78 is 3.81. The van der Waals surface area contributed by atoms with Crippen LogP contribution in [0.3, 0.4) is 0 Å². The Hall–Kier alpha value is -2.25. The molecule has 24 heavy (non-hydrogen) atoms. The first-order valence-electron chi connectivity index (χ1n) is 8.24. The third-order valence-electron chi connectivity index (χ3n) is 4.80. The molecule has 3 aromatic rings. The fourth-order valence-electron chi connectivity index (χ4n) is 3.66. The number of aromatic nitrogens is 5. The van der Waals surface area contributed by atoms with Crippen molar-refractivity contribution in [3.8, 4) is 0 Å². The number of aryl methyl sites for hydroxylation is 3. The third kappa shape index (κ3) is 2.40. The van der Waals surface area contributed by atoms with Crippen molar-refractivity contribution in [3.63, 3.8) is 0 Å². The van der Waals surface area contributed by atoms with Crippen LogP contribution < -0.4 is 0 Å². The Morgan fingerprint density at radius 3 is 2.92 bits per heavy atom. The third-order valence-corrected chi connectivity index (χ3v) is 4.80. The van der Waals surface area contributed by atoms with E-state index in [1.54, 1.807) is 0 Å². The van der Waals surface area contributed by atoms with Crippen LogP contribution >= 0.6 is 0 Å². The lowest BCUT2D eigenvalue weighted by Gasteiger charge is -2.27. The molecule has 0 aliphatic carbocycles. The van der Waals surface area contributed by atoms with Crippen molar-refractivity contribution in [1.82, 2.24) is 29.3 Å². The number of aliphatic hydroxyl groups is 1. The molecule has 4 rings (SSSR count). The fraction of sp³-hybridized carbons (Fsp3) is 0.471. The fourth-order valence-corrected chi connectivity index (χ4v) is 3.66. The predicted molar refractivity (Wildman–Crippen MR) is 89.4 cm³/mol. The molecule has 1 aliphatic heterocycles. The molecule has 7 nitrogen and oxygen atoms in total. The molecule has 0 fully saturated rings. The zero-order valence-electron chi connectivity index (χ0n) is 14.3. The first-order valence-corrected chi connectivity index (χ1v) is 8.24. The van der Waals surface area contributed by atoms with Gasteiger partial charge in [-0.05, 0) is 19.9 Å². The normalized spacial score (nSPS) is 15.2. The maximum Gasteiger partial charge on any atom is 0.159 e. The Labute approximate surface area is 140 Å². The highest BCUT2D eigenvalue weighted by molar-refractivity contribution is 5.48. The number of hydrogen-bond acceptors (Lipinski definition) is 5. The molecule has 0 radical (unpaired) electrons. The van der Waals surface area contributed by atoms with Crippen LogP contribution in [-0.4, -0.2) is 40.9 Å². The van der Waals surface area contributed by atoms with E-state index in [0.29, 0.717) is 0 Å². The van der Waals surface area contributed by atoms with Crippen LogP contribution in [0.1, 0.15) is 33.9 Å². The smallest absolute Gasteiger partial charge is 0.159 e. The van der Waals surface area contributed by atoms with Crippen molar-refractivity contribution >= 4 is 5.65 Å². The molecule has 0 bridgehead atoms. The highest BCUT2D eigenvalue weighted by Crippen LogP contribution is 2.24. The van der Waals surface area contributed by atoms with Crippen LogP contribution in [0.25, 0.3) is 5.65 Å². The van der Waals surface area contributed by atoms with E-state index in [4.69, 9.17) is 0 Å². The van der Waals surface area contributed by atoms with E-state index in [1.165, 1.54) is 11.3 Å². The Bertz CT molecular complexity index is 910. The zero-order chi connectivity index (χ0) is 16.8. The van der Waals surface area contributed by atoms with E-state index in [9.17, 15) is 5.11 Å². The summed E-state index contributed by atoms with van der Waals surface area (Å²) in [7, 11) is 1.95. The highest BCUT2D eigenvalue weighted by atomic mass is 16.3. The Morgan fingerprint density at radius 1 is 1.29 bits per heavy atom. The molecule has 0 atom stereocenters. The lowest BCUT2D eigenvalue weighted by molar-refractivity contribution is 0.237. The van der Waals surface area contributed by atoms with Gasteiger partial charge in [0.2, 0.25) is 0 Å². The van der Waals surface area contributed by atoms with E-state index in [2.05, 4.69) is 27.0 Å². The summed E-state index contributed by atoms with van der Waals surface area (Å²) in [6.07, 6.45) is 2.87. The van der Waals surface area contributed by atoms with Crippen LogP contribution in [0.2, 0.25) is 0 Å². The molecule has 0 amide bonds. The van der Waals surface area contributed by atoms with Gasteiger partial charge in [0.05, 0.1) is 18.5 Å². The highest BCUT2D eigenvalue weighted by Gasteiger charge is 2.24. The van der Waals surface area contributed by atoms with Crippen LogP contribution in [-0.2, 0) is 33.2 Å². The second-order valence-corrected chi connectivity index (χ2v) is 6.56. The van der Waals surface area contributed by atoms with Crippen molar-refractivity contribution in [2.45, 2.75) is 40.0 Å². The quantitative estimate of drug-likeness (QED) is 0.781. The molecule has 1 aliphatic rings. The van der Waals surface area contributed by atoms with Crippen molar-refractivity contribution in [3.05, 3.63) is 46.2 Å². The minimum atomic E-state index is -0.00628. The maximum absolute atomic E-state index is 9.53. The largest absolute Gasteiger partial charge is 0.390 e. The van der Waals surface area contributed by atoms with Gasteiger partial charge in [0, 0.05) is 61.3 Å². The van der Waals surface area contributed by atoms with Crippen molar-refractivity contribution < 1.29 is 5.11 Å². The molecule has 0 unspecified atom stereocenters. The summed E-state index contributed by atoms with van der Waals surface area (Å²) in [5.41, 5.74) is 7.38. The van der Waals surface area contributed by atoms with Crippen molar-refractivity contribution in [2.24, 2.45) is 7.05 Å². The first-order chi connectivity index (χ1) is 11.6. The summed E-state index contributed by atoms with van der Waals surface area (Å²) in [4.78, 5) is 7.04. The minimum Gasteiger partial charge on any atom is -0.390 e. The number of fused-ring (bicyclic) bond motifs is 2. The number of aliphatic hydroxyl groups excluding tert-OH is 1. The molecular weight excluding hydrogens is 304 g/mol. The summed E-state index contributed by atoms with van der Waals surface area (Å²) >= 11 is 0. The van der Waals surface area contributed by atoms with Gasteiger partial charge < -0.3 is 5.11 Å². The molecule has 0 aromatic carbocycles. The molecule has 0 spiro atoms. The summed E-state index contributed by atoms with van der Waals surface area (Å²) in [6.45, 7) is 6.64.